The van der Waals surface area contributed by atoms with Crippen molar-refractivity contribution in [2.75, 3.05) is 19.6 Å². The Morgan fingerprint density at radius 1 is 1.29 bits per heavy atom. The summed E-state index contributed by atoms with van der Waals surface area (Å²) in [5.41, 5.74) is 2.20. The van der Waals surface area contributed by atoms with Crippen molar-refractivity contribution in [3.8, 4) is 0 Å². The number of aryl methyl sites for hydroxylation is 1. The van der Waals surface area contributed by atoms with Crippen molar-refractivity contribution in [1.29, 1.82) is 0 Å². The lowest BCUT2D eigenvalue weighted by Gasteiger charge is -2.32. The van der Waals surface area contributed by atoms with Crippen LogP contribution in [0, 0.1) is 5.92 Å². The molecule has 0 aliphatic carbocycles. The molecule has 1 aliphatic rings. The highest BCUT2D eigenvalue weighted by Gasteiger charge is 2.18. The van der Waals surface area contributed by atoms with Crippen molar-refractivity contribution in [3.63, 3.8) is 0 Å². The zero-order chi connectivity index (χ0) is 16.2. The molecule has 2 aromatic rings. The molecule has 0 bridgehead atoms. The highest BCUT2D eigenvalue weighted by Crippen LogP contribution is 2.17. The summed E-state index contributed by atoms with van der Waals surface area (Å²) in [7, 11) is 2.07. The average molecular weight is 441 g/mol. The molecule has 1 saturated heterocycles. The van der Waals surface area contributed by atoms with Crippen LogP contribution in [0.25, 0.3) is 11.0 Å². The Labute approximate surface area is 161 Å². The summed E-state index contributed by atoms with van der Waals surface area (Å²) in [4.78, 5) is 11.9. The number of aromatic nitrogens is 2. The number of imidazole rings is 1. The zero-order valence-electron chi connectivity index (χ0n) is 14.8. The predicted octanol–water partition coefficient (Wildman–Crippen LogP) is 3.39. The molecule has 2 heterocycles. The lowest BCUT2D eigenvalue weighted by molar-refractivity contribution is 0.273. The minimum Gasteiger partial charge on any atom is -0.357 e. The number of guanidine groups is 1. The van der Waals surface area contributed by atoms with E-state index in [1.807, 2.05) is 6.07 Å². The summed E-state index contributed by atoms with van der Waals surface area (Å²) in [5.74, 6) is 2.85. The van der Waals surface area contributed by atoms with Gasteiger partial charge < -0.3 is 14.8 Å². The van der Waals surface area contributed by atoms with Gasteiger partial charge in [0.05, 0.1) is 11.0 Å². The predicted molar refractivity (Wildman–Crippen MR) is 111 cm³/mol. The number of rotatable bonds is 3. The summed E-state index contributed by atoms with van der Waals surface area (Å²) in [6.45, 7) is 8.15. The standard InChI is InChI=1S/C18H27N5.HI/c1-4-19-18(23-11-9-14(2)10-12-23)20-13-17-21-15-7-5-6-8-16(15)22(17)3;/h5-8,14H,4,9-13H2,1-3H3,(H,19,20);1H. The van der Waals surface area contributed by atoms with Crippen LogP contribution in [-0.2, 0) is 13.6 Å². The fourth-order valence-corrected chi connectivity index (χ4v) is 3.13. The molecule has 0 amide bonds. The smallest absolute Gasteiger partial charge is 0.194 e. The number of halogens is 1. The lowest BCUT2D eigenvalue weighted by atomic mass is 10.00. The summed E-state index contributed by atoms with van der Waals surface area (Å²) >= 11 is 0. The first kappa shape index (κ1) is 19.0. The van der Waals surface area contributed by atoms with Gasteiger partial charge in [0.15, 0.2) is 5.96 Å². The maximum Gasteiger partial charge on any atom is 0.194 e. The largest absolute Gasteiger partial charge is 0.357 e. The normalized spacial score (nSPS) is 16.3. The molecule has 0 unspecified atom stereocenters. The molecular formula is C18H28IN5. The first-order valence-electron chi connectivity index (χ1n) is 8.62. The molecule has 1 aromatic heterocycles. The van der Waals surface area contributed by atoms with Gasteiger partial charge in [0.2, 0.25) is 0 Å². The molecule has 6 heteroatoms. The van der Waals surface area contributed by atoms with Gasteiger partial charge in [-0.1, -0.05) is 19.1 Å². The number of nitrogens with zero attached hydrogens (tertiary/aromatic N) is 4. The van der Waals surface area contributed by atoms with E-state index >= 15 is 0 Å². The third kappa shape index (κ3) is 4.20. The second-order valence-corrected chi connectivity index (χ2v) is 6.42. The van der Waals surface area contributed by atoms with Crippen molar-refractivity contribution in [2.24, 2.45) is 18.0 Å². The topological polar surface area (TPSA) is 45.5 Å². The van der Waals surface area contributed by atoms with Crippen LogP contribution in [-0.4, -0.2) is 40.0 Å². The van der Waals surface area contributed by atoms with Gasteiger partial charge in [0.25, 0.3) is 0 Å². The summed E-state index contributed by atoms with van der Waals surface area (Å²) in [6, 6.07) is 8.24. The zero-order valence-corrected chi connectivity index (χ0v) is 17.2. The minimum atomic E-state index is 0. The van der Waals surface area contributed by atoms with Crippen molar-refractivity contribution < 1.29 is 0 Å². The van der Waals surface area contributed by atoms with Crippen LogP contribution in [0.15, 0.2) is 29.3 Å². The molecular weight excluding hydrogens is 413 g/mol. The number of benzene rings is 1. The van der Waals surface area contributed by atoms with Crippen LogP contribution < -0.4 is 5.32 Å². The minimum absolute atomic E-state index is 0. The number of fused-ring (bicyclic) bond motifs is 1. The lowest BCUT2D eigenvalue weighted by Crippen LogP contribution is -2.45. The second kappa shape index (κ2) is 8.69. The van der Waals surface area contributed by atoms with Crippen LogP contribution in [0.2, 0.25) is 0 Å². The molecule has 24 heavy (non-hydrogen) atoms. The van der Waals surface area contributed by atoms with E-state index in [0.29, 0.717) is 6.54 Å². The Morgan fingerprint density at radius 3 is 2.67 bits per heavy atom. The van der Waals surface area contributed by atoms with E-state index in [2.05, 4.69) is 53.9 Å². The van der Waals surface area contributed by atoms with Crippen LogP contribution in [0.4, 0.5) is 0 Å². The molecule has 1 aliphatic heterocycles. The Hall–Kier alpha value is -1.31. The van der Waals surface area contributed by atoms with E-state index in [1.54, 1.807) is 0 Å². The number of para-hydroxylation sites is 2. The van der Waals surface area contributed by atoms with E-state index < -0.39 is 0 Å². The fourth-order valence-electron chi connectivity index (χ4n) is 3.13. The molecule has 0 atom stereocenters. The van der Waals surface area contributed by atoms with E-state index in [0.717, 1.165) is 48.4 Å². The Balaban J connectivity index is 0.00000208. The molecule has 1 N–H and O–H groups in total. The SMILES string of the molecule is CCNC(=NCc1nc2ccccc2n1C)N1CCC(C)CC1.I. The molecule has 0 radical (unpaired) electrons. The van der Waals surface area contributed by atoms with Gasteiger partial charge in [-0.2, -0.15) is 0 Å². The number of aliphatic imine (C=N–C) groups is 1. The van der Waals surface area contributed by atoms with Gasteiger partial charge in [-0.3, -0.25) is 0 Å². The Bertz CT molecular complexity index is 686. The van der Waals surface area contributed by atoms with Gasteiger partial charge in [-0.25, -0.2) is 9.98 Å². The summed E-state index contributed by atoms with van der Waals surface area (Å²) in [6.07, 6.45) is 2.49. The maximum absolute atomic E-state index is 4.84. The molecule has 132 valence electrons. The summed E-state index contributed by atoms with van der Waals surface area (Å²) < 4.78 is 2.14. The van der Waals surface area contributed by atoms with E-state index in [9.17, 15) is 0 Å². The highest BCUT2D eigenvalue weighted by atomic mass is 127. The first-order valence-corrected chi connectivity index (χ1v) is 8.62. The molecule has 1 aromatic carbocycles. The van der Waals surface area contributed by atoms with Crippen molar-refractivity contribution in [3.05, 3.63) is 30.1 Å². The molecule has 5 nitrogen and oxygen atoms in total. The van der Waals surface area contributed by atoms with Crippen LogP contribution in [0.5, 0.6) is 0 Å². The quantitative estimate of drug-likeness (QED) is 0.451. The summed E-state index contributed by atoms with van der Waals surface area (Å²) in [5, 5.41) is 3.43. The van der Waals surface area contributed by atoms with Gasteiger partial charge in [0, 0.05) is 26.7 Å². The van der Waals surface area contributed by atoms with Gasteiger partial charge in [-0.05, 0) is 37.8 Å². The molecule has 1 fully saturated rings. The molecule has 0 saturated carbocycles. The van der Waals surface area contributed by atoms with Crippen LogP contribution in [0.1, 0.15) is 32.5 Å². The molecule has 3 rings (SSSR count). The van der Waals surface area contributed by atoms with Crippen molar-refractivity contribution in [2.45, 2.75) is 33.2 Å². The third-order valence-corrected chi connectivity index (χ3v) is 4.67. The van der Waals surface area contributed by atoms with Gasteiger partial charge in [-0.15, -0.1) is 24.0 Å². The highest BCUT2D eigenvalue weighted by molar-refractivity contribution is 14.0. The Kier molecular flexibility index (Phi) is 6.89. The maximum atomic E-state index is 4.84. The average Bonchev–Trinajstić information content (AvgIpc) is 2.89. The van der Waals surface area contributed by atoms with E-state index in [1.165, 1.54) is 12.8 Å². The molecule has 0 spiro atoms. The van der Waals surface area contributed by atoms with E-state index in [-0.39, 0.29) is 24.0 Å². The van der Waals surface area contributed by atoms with Crippen molar-refractivity contribution >= 4 is 41.0 Å². The third-order valence-electron chi connectivity index (χ3n) is 4.67. The van der Waals surface area contributed by atoms with Gasteiger partial charge in [0.1, 0.15) is 12.4 Å². The number of piperidine rings is 1. The Morgan fingerprint density at radius 2 is 2.00 bits per heavy atom. The fraction of sp³-hybridized carbons (Fsp3) is 0.556. The van der Waals surface area contributed by atoms with Crippen molar-refractivity contribution in [1.82, 2.24) is 19.8 Å². The number of hydrogen-bond acceptors (Lipinski definition) is 2. The second-order valence-electron chi connectivity index (χ2n) is 6.42. The van der Waals surface area contributed by atoms with Crippen LogP contribution >= 0.6 is 24.0 Å². The number of hydrogen-bond donors (Lipinski definition) is 1. The van der Waals surface area contributed by atoms with Crippen LogP contribution in [0.3, 0.4) is 0 Å². The number of likely N-dealkylation sites (tertiary alicyclic amines) is 1. The first-order chi connectivity index (χ1) is 11.2. The number of nitrogens with one attached hydrogen (secondary N) is 1. The van der Waals surface area contributed by atoms with Gasteiger partial charge >= 0.3 is 0 Å². The monoisotopic (exact) mass is 441 g/mol. The van der Waals surface area contributed by atoms with E-state index in [4.69, 9.17) is 9.98 Å².